The van der Waals surface area contributed by atoms with Crippen molar-refractivity contribution in [2.24, 2.45) is 0 Å². The smallest absolute Gasteiger partial charge is 0.145 e. The Bertz CT molecular complexity index is 487. The quantitative estimate of drug-likeness (QED) is 0.784. The summed E-state index contributed by atoms with van der Waals surface area (Å²) in [6.45, 7) is 3.74. The molecular weight excluding hydrogens is 358 g/mol. The van der Waals surface area contributed by atoms with Crippen LogP contribution in [0.2, 0.25) is 0 Å². The number of benzene rings is 1. The van der Waals surface area contributed by atoms with Crippen molar-refractivity contribution in [3.63, 3.8) is 0 Å². The van der Waals surface area contributed by atoms with E-state index in [9.17, 15) is 8.78 Å². The van der Waals surface area contributed by atoms with Gasteiger partial charge in [0.1, 0.15) is 11.6 Å². The molecule has 2 nitrogen and oxygen atoms in total. The van der Waals surface area contributed by atoms with E-state index in [4.69, 9.17) is 0 Å². The standard InChI is InChI=1S/C15H21BrF2N2S/c1-3-6-19-15(12-9-21-8-7-20(12)2)13-11(17)5-4-10(16)14(13)18/h4-5,12,15,19H,3,6-9H2,1-2H3. The normalized spacial score (nSPS) is 21.5. The summed E-state index contributed by atoms with van der Waals surface area (Å²) in [6, 6.07) is 2.51. The molecule has 1 N–H and O–H groups in total. The molecule has 118 valence electrons. The van der Waals surface area contributed by atoms with E-state index in [1.807, 2.05) is 18.8 Å². The largest absolute Gasteiger partial charge is 0.308 e. The lowest BCUT2D eigenvalue weighted by Gasteiger charge is -2.38. The van der Waals surface area contributed by atoms with Crippen LogP contribution in [0, 0.1) is 11.6 Å². The SMILES string of the molecule is CCCNC(c1c(F)ccc(Br)c1F)C1CSCCN1C. The van der Waals surface area contributed by atoms with Crippen molar-refractivity contribution in [3.05, 3.63) is 33.8 Å². The molecule has 0 aliphatic carbocycles. The number of hydrogen-bond donors (Lipinski definition) is 1. The van der Waals surface area contributed by atoms with Crippen LogP contribution in [0.4, 0.5) is 8.78 Å². The zero-order valence-corrected chi connectivity index (χ0v) is 14.7. The van der Waals surface area contributed by atoms with E-state index in [0.717, 1.165) is 31.0 Å². The summed E-state index contributed by atoms with van der Waals surface area (Å²) >= 11 is 5.01. The first-order chi connectivity index (χ1) is 10.1. The molecule has 0 radical (unpaired) electrons. The molecule has 1 aliphatic heterocycles. The van der Waals surface area contributed by atoms with Crippen molar-refractivity contribution < 1.29 is 8.78 Å². The number of hydrogen-bond acceptors (Lipinski definition) is 3. The first kappa shape index (κ1) is 17.2. The molecule has 6 heteroatoms. The van der Waals surface area contributed by atoms with Gasteiger partial charge in [-0.1, -0.05) is 6.92 Å². The third-order valence-electron chi connectivity index (χ3n) is 3.83. The molecule has 0 aromatic heterocycles. The molecule has 0 spiro atoms. The van der Waals surface area contributed by atoms with Gasteiger partial charge in [-0.05, 0) is 48.1 Å². The van der Waals surface area contributed by atoms with Crippen LogP contribution in [-0.4, -0.2) is 42.6 Å². The Kier molecular flexibility index (Phi) is 6.47. The molecule has 1 aromatic carbocycles. The van der Waals surface area contributed by atoms with Crippen molar-refractivity contribution in [1.29, 1.82) is 0 Å². The van der Waals surface area contributed by atoms with Crippen LogP contribution in [0.25, 0.3) is 0 Å². The van der Waals surface area contributed by atoms with Gasteiger partial charge in [-0.3, -0.25) is 4.90 Å². The average Bonchev–Trinajstić information content (AvgIpc) is 2.47. The molecular formula is C15H21BrF2N2S. The minimum absolute atomic E-state index is 0.0913. The lowest BCUT2D eigenvalue weighted by Crippen LogP contribution is -2.48. The predicted molar refractivity (Wildman–Crippen MR) is 88.8 cm³/mol. The fourth-order valence-corrected chi connectivity index (χ4v) is 4.23. The molecule has 1 heterocycles. The Morgan fingerprint density at radius 3 is 2.90 bits per heavy atom. The van der Waals surface area contributed by atoms with Crippen molar-refractivity contribution >= 4 is 27.7 Å². The Balaban J connectivity index is 2.37. The van der Waals surface area contributed by atoms with Gasteiger partial charge >= 0.3 is 0 Å². The fraction of sp³-hybridized carbons (Fsp3) is 0.600. The van der Waals surface area contributed by atoms with Crippen molar-refractivity contribution in [1.82, 2.24) is 10.2 Å². The first-order valence-corrected chi connectivity index (χ1v) is 9.15. The van der Waals surface area contributed by atoms with Gasteiger partial charge in [0.2, 0.25) is 0 Å². The van der Waals surface area contributed by atoms with Crippen LogP contribution in [0.5, 0.6) is 0 Å². The van der Waals surface area contributed by atoms with Crippen LogP contribution in [0.3, 0.4) is 0 Å². The second-order valence-electron chi connectivity index (χ2n) is 5.31. The molecule has 1 aromatic rings. The van der Waals surface area contributed by atoms with E-state index in [2.05, 4.69) is 33.1 Å². The van der Waals surface area contributed by atoms with Crippen molar-refractivity contribution in [2.45, 2.75) is 25.4 Å². The van der Waals surface area contributed by atoms with Crippen LogP contribution < -0.4 is 5.32 Å². The number of thioether (sulfide) groups is 1. The predicted octanol–water partition coefficient (Wildman–Crippen LogP) is 3.82. The van der Waals surface area contributed by atoms with E-state index in [1.165, 1.54) is 12.1 Å². The summed E-state index contributed by atoms with van der Waals surface area (Å²) < 4.78 is 29.0. The van der Waals surface area contributed by atoms with Gasteiger partial charge in [0.15, 0.2) is 0 Å². The monoisotopic (exact) mass is 378 g/mol. The lowest BCUT2D eigenvalue weighted by atomic mass is 9.97. The minimum atomic E-state index is -0.493. The van der Waals surface area contributed by atoms with Gasteiger partial charge in [0.25, 0.3) is 0 Å². The average molecular weight is 379 g/mol. The van der Waals surface area contributed by atoms with Gasteiger partial charge in [0.05, 0.1) is 10.5 Å². The highest BCUT2D eigenvalue weighted by molar-refractivity contribution is 9.10. The molecule has 0 bridgehead atoms. The van der Waals surface area contributed by atoms with E-state index in [-0.39, 0.29) is 17.6 Å². The van der Waals surface area contributed by atoms with Gasteiger partial charge in [0, 0.05) is 29.7 Å². The highest BCUT2D eigenvalue weighted by atomic mass is 79.9. The first-order valence-electron chi connectivity index (χ1n) is 7.21. The Labute approximate surface area is 137 Å². The van der Waals surface area contributed by atoms with E-state index >= 15 is 0 Å². The summed E-state index contributed by atoms with van der Waals surface area (Å²) in [7, 11) is 2.03. The summed E-state index contributed by atoms with van der Waals surface area (Å²) in [5.41, 5.74) is 0.150. The van der Waals surface area contributed by atoms with Gasteiger partial charge in [-0.15, -0.1) is 0 Å². The number of nitrogens with one attached hydrogen (secondary N) is 1. The summed E-state index contributed by atoms with van der Waals surface area (Å²) in [5.74, 6) is 0.973. The molecule has 0 amide bonds. The number of nitrogens with zero attached hydrogens (tertiary/aromatic N) is 1. The van der Waals surface area contributed by atoms with E-state index in [1.54, 1.807) is 0 Å². The summed E-state index contributed by atoms with van der Waals surface area (Å²) in [6.07, 6.45) is 0.928. The minimum Gasteiger partial charge on any atom is -0.308 e. The molecule has 1 fully saturated rings. The van der Waals surface area contributed by atoms with Crippen LogP contribution in [0.15, 0.2) is 16.6 Å². The Morgan fingerprint density at radius 1 is 1.48 bits per heavy atom. The molecule has 21 heavy (non-hydrogen) atoms. The third kappa shape index (κ3) is 3.97. The molecule has 2 rings (SSSR count). The van der Waals surface area contributed by atoms with Crippen LogP contribution in [-0.2, 0) is 0 Å². The highest BCUT2D eigenvalue weighted by Gasteiger charge is 2.33. The zero-order chi connectivity index (χ0) is 15.4. The molecule has 0 saturated carbocycles. The molecule has 2 atom stereocenters. The van der Waals surface area contributed by atoms with Crippen molar-refractivity contribution in [3.8, 4) is 0 Å². The summed E-state index contributed by atoms with van der Waals surface area (Å²) in [4.78, 5) is 2.20. The van der Waals surface area contributed by atoms with E-state index < -0.39 is 11.6 Å². The number of likely N-dealkylation sites (N-methyl/N-ethyl adjacent to an activating group) is 1. The Morgan fingerprint density at radius 2 is 2.24 bits per heavy atom. The number of halogens is 3. The van der Waals surface area contributed by atoms with Crippen LogP contribution in [0.1, 0.15) is 24.9 Å². The van der Waals surface area contributed by atoms with Gasteiger partial charge in [-0.25, -0.2) is 8.78 Å². The summed E-state index contributed by atoms with van der Waals surface area (Å²) in [5, 5.41) is 3.34. The van der Waals surface area contributed by atoms with Gasteiger partial charge in [-0.2, -0.15) is 11.8 Å². The molecule has 1 saturated heterocycles. The fourth-order valence-electron chi connectivity index (χ4n) is 2.61. The molecule has 2 unspecified atom stereocenters. The third-order valence-corrected chi connectivity index (χ3v) is 5.49. The maximum Gasteiger partial charge on any atom is 0.145 e. The van der Waals surface area contributed by atoms with E-state index in [0.29, 0.717) is 4.47 Å². The zero-order valence-electron chi connectivity index (χ0n) is 12.3. The number of rotatable bonds is 5. The maximum absolute atomic E-state index is 14.5. The van der Waals surface area contributed by atoms with Gasteiger partial charge < -0.3 is 5.32 Å². The maximum atomic E-state index is 14.5. The van der Waals surface area contributed by atoms with Crippen molar-refractivity contribution in [2.75, 3.05) is 31.6 Å². The highest BCUT2D eigenvalue weighted by Crippen LogP contribution is 2.32. The second-order valence-corrected chi connectivity index (χ2v) is 7.32. The lowest BCUT2D eigenvalue weighted by molar-refractivity contribution is 0.210. The van der Waals surface area contributed by atoms with Crippen LogP contribution >= 0.6 is 27.7 Å². The topological polar surface area (TPSA) is 15.3 Å². The Hall–Kier alpha value is -0.170. The molecule has 1 aliphatic rings. The second kappa shape index (κ2) is 7.90.